The molecule has 78 valence electrons. The molecule has 0 aromatic carbocycles. The Kier molecular flexibility index (Phi) is 1.45. The molecule has 2 heterocycles. The first-order chi connectivity index (χ1) is 7.09. The number of nitrogens with two attached hydrogens (primary N) is 1. The first-order valence-corrected chi connectivity index (χ1v) is 5.17. The highest BCUT2D eigenvalue weighted by Gasteiger charge is 2.48. The molecule has 0 saturated heterocycles. The Hall–Kier alpha value is -1.58. The van der Waals surface area contributed by atoms with E-state index in [1.807, 2.05) is 6.07 Å². The maximum absolute atomic E-state index is 5.94. The third-order valence-electron chi connectivity index (χ3n) is 3.29. The number of fused-ring (bicyclic) bond motifs is 1. The Labute approximate surface area is 88.1 Å². The molecule has 15 heavy (non-hydrogen) atoms. The lowest BCUT2D eigenvalue weighted by molar-refractivity contribution is 0.553. The van der Waals surface area contributed by atoms with Gasteiger partial charge in [0.25, 0.3) is 0 Å². The lowest BCUT2D eigenvalue weighted by Crippen LogP contribution is -2.04. The molecule has 1 saturated carbocycles. The Balaban J connectivity index is 2.22. The van der Waals surface area contributed by atoms with Crippen molar-refractivity contribution in [1.29, 1.82) is 0 Å². The van der Waals surface area contributed by atoms with E-state index in [-0.39, 0.29) is 0 Å². The topological polar surface area (TPSA) is 56.7 Å². The molecular weight excluding hydrogens is 188 g/mol. The second-order valence-corrected chi connectivity index (χ2v) is 4.91. The van der Waals surface area contributed by atoms with Gasteiger partial charge in [-0.05, 0) is 17.9 Å². The molecule has 0 amide bonds. The molecular formula is C11H14N4. The van der Waals surface area contributed by atoms with Crippen LogP contribution in [0, 0.1) is 5.41 Å². The van der Waals surface area contributed by atoms with Crippen LogP contribution in [0.2, 0.25) is 0 Å². The van der Waals surface area contributed by atoms with E-state index in [2.05, 4.69) is 28.4 Å². The van der Waals surface area contributed by atoms with E-state index in [4.69, 9.17) is 5.73 Å². The predicted molar refractivity (Wildman–Crippen MR) is 59.4 cm³/mol. The molecule has 1 aliphatic rings. The van der Waals surface area contributed by atoms with Crippen molar-refractivity contribution in [3.05, 3.63) is 18.5 Å². The zero-order valence-corrected chi connectivity index (χ0v) is 8.94. The van der Waals surface area contributed by atoms with Gasteiger partial charge in [-0.15, -0.1) is 0 Å². The van der Waals surface area contributed by atoms with Crippen molar-refractivity contribution in [2.24, 2.45) is 5.41 Å². The number of pyridine rings is 1. The van der Waals surface area contributed by atoms with Crippen LogP contribution in [-0.2, 0) is 0 Å². The fourth-order valence-electron chi connectivity index (χ4n) is 2.18. The fraction of sp³-hybridized carbons (Fsp3) is 0.455. The summed E-state index contributed by atoms with van der Waals surface area (Å²) in [6.45, 7) is 4.51. The number of anilines is 1. The van der Waals surface area contributed by atoms with Gasteiger partial charge in [0.2, 0.25) is 5.95 Å². The van der Waals surface area contributed by atoms with Crippen molar-refractivity contribution in [3.8, 4) is 0 Å². The summed E-state index contributed by atoms with van der Waals surface area (Å²) in [5.41, 5.74) is 8.27. The first-order valence-electron chi connectivity index (χ1n) is 5.17. The molecule has 1 unspecified atom stereocenters. The maximum atomic E-state index is 5.94. The Morgan fingerprint density at radius 2 is 2.27 bits per heavy atom. The fourth-order valence-corrected chi connectivity index (χ4v) is 2.18. The van der Waals surface area contributed by atoms with Crippen LogP contribution in [0.5, 0.6) is 0 Å². The molecule has 1 atom stereocenters. The molecule has 2 aromatic rings. The smallest absolute Gasteiger partial charge is 0.201 e. The molecule has 0 bridgehead atoms. The van der Waals surface area contributed by atoms with E-state index in [1.165, 1.54) is 6.42 Å². The maximum Gasteiger partial charge on any atom is 0.201 e. The van der Waals surface area contributed by atoms with Crippen LogP contribution in [0.15, 0.2) is 18.5 Å². The number of nitrogen functional groups attached to an aromatic ring is 1. The van der Waals surface area contributed by atoms with Crippen molar-refractivity contribution in [1.82, 2.24) is 14.5 Å². The van der Waals surface area contributed by atoms with Gasteiger partial charge in [-0.25, -0.2) is 4.98 Å². The van der Waals surface area contributed by atoms with Crippen LogP contribution >= 0.6 is 0 Å². The zero-order valence-electron chi connectivity index (χ0n) is 8.94. The molecule has 1 fully saturated rings. The second kappa shape index (κ2) is 2.51. The van der Waals surface area contributed by atoms with Crippen molar-refractivity contribution in [2.45, 2.75) is 26.3 Å². The SMILES string of the molecule is CC1(C)CC1n1c(N)nc2cnccc21. The van der Waals surface area contributed by atoms with E-state index in [0.29, 0.717) is 17.4 Å². The highest BCUT2D eigenvalue weighted by atomic mass is 15.2. The minimum atomic E-state index is 0.352. The summed E-state index contributed by atoms with van der Waals surface area (Å²) in [5, 5.41) is 0. The number of hydrogen-bond acceptors (Lipinski definition) is 3. The highest BCUT2D eigenvalue weighted by Crippen LogP contribution is 2.56. The summed E-state index contributed by atoms with van der Waals surface area (Å²) >= 11 is 0. The second-order valence-electron chi connectivity index (χ2n) is 4.91. The summed E-state index contributed by atoms with van der Waals surface area (Å²) in [5.74, 6) is 0.605. The van der Waals surface area contributed by atoms with Crippen LogP contribution in [0.25, 0.3) is 11.0 Å². The lowest BCUT2D eigenvalue weighted by atomic mass is 10.2. The first kappa shape index (κ1) is 8.71. The minimum Gasteiger partial charge on any atom is -0.369 e. The lowest BCUT2D eigenvalue weighted by Gasteiger charge is -2.07. The highest BCUT2D eigenvalue weighted by molar-refractivity contribution is 5.77. The predicted octanol–water partition coefficient (Wildman–Crippen LogP) is 1.98. The van der Waals surface area contributed by atoms with Crippen LogP contribution < -0.4 is 5.73 Å². The summed E-state index contributed by atoms with van der Waals surface area (Å²) in [6, 6.07) is 2.47. The zero-order chi connectivity index (χ0) is 10.6. The van der Waals surface area contributed by atoms with Gasteiger partial charge in [-0.2, -0.15) is 0 Å². The molecule has 0 aliphatic heterocycles. The van der Waals surface area contributed by atoms with Gasteiger partial charge in [0, 0.05) is 12.2 Å². The van der Waals surface area contributed by atoms with Crippen molar-refractivity contribution < 1.29 is 0 Å². The number of nitrogens with zero attached hydrogens (tertiary/aromatic N) is 3. The van der Waals surface area contributed by atoms with Crippen molar-refractivity contribution in [2.75, 3.05) is 5.73 Å². The van der Waals surface area contributed by atoms with E-state index in [0.717, 1.165) is 11.0 Å². The largest absolute Gasteiger partial charge is 0.369 e. The van der Waals surface area contributed by atoms with Crippen molar-refractivity contribution in [3.63, 3.8) is 0 Å². The molecule has 0 spiro atoms. The molecule has 2 aromatic heterocycles. The molecule has 4 heteroatoms. The number of aromatic nitrogens is 3. The molecule has 0 radical (unpaired) electrons. The van der Waals surface area contributed by atoms with Crippen LogP contribution in [0.3, 0.4) is 0 Å². The van der Waals surface area contributed by atoms with Gasteiger partial charge in [-0.1, -0.05) is 13.8 Å². The Bertz CT molecular complexity index is 526. The summed E-state index contributed by atoms with van der Waals surface area (Å²) in [7, 11) is 0. The Morgan fingerprint density at radius 3 is 2.93 bits per heavy atom. The minimum absolute atomic E-state index is 0.352. The van der Waals surface area contributed by atoms with Crippen LogP contribution in [0.1, 0.15) is 26.3 Å². The number of imidazole rings is 1. The summed E-state index contributed by atoms with van der Waals surface area (Å²) in [6.07, 6.45) is 4.72. The molecule has 1 aliphatic carbocycles. The quantitative estimate of drug-likeness (QED) is 0.769. The molecule has 3 rings (SSSR count). The third-order valence-corrected chi connectivity index (χ3v) is 3.29. The van der Waals surface area contributed by atoms with Gasteiger partial charge < -0.3 is 10.3 Å². The van der Waals surface area contributed by atoms with Gasteiger partial charge in [0.1, 0.15) is 5.52 Å². The number of hydrogen-bond donors (Lipinski definition) is 1. The normalized spacial score (nSPS) is 23.2. The van der Waals surface area contributed by atoms with Crippen LogP contribution in [0.4, 0.5) is 5.95 Å². The average molecular weight is 202 g/mol. The third kappa shape index (κ3) is 1.14. The van der Waals surface area contributed by atoms with Crippen molar-refractivity contribution >= 4 is 17.0 Å². The summed E-state index contributed by atoms with van der Waals surface area (Å²) < 4.78 is 2.14. The van der Waals surface area contributed by atoms with Gasteiger partial charge in [0.05, 0.1) is 11.7 Å². The summed E-state index contributed by atoms with van der Waals surface area (Å²) in [4.78, 5) is 8.37. The molecule has 2 N–H and O–H groups in total. The van der Waals surface area contributed by atoms with Gasteiger partial charge in [-0.3, -0.25) is 4.98 Å². The van der Waals surface area contributed by atoms with Crippen LogP contribution in [-0.4, -0.2) is 14.5 Å². The standard InChI is InChI=1S/C11H14N4/c1-11(2)5-9(11)15-8-3-4-13-6-7(8)14-10(15)12/h3-4,6,9H,5H2,1-2H3,(H2,12,14). The van der Waals surface area contributed by atoms with E-state index >= 15 is 0 Å². The van der Waals surface area contributed by atoms with Gasteiger partial charge in [0.15, 0.2) is 0 Å². The average Bonchev–Trinajstić information content (AvgIpc) is 2.68. The van der Waals surface area contributed by atoms with E-state index in [1.54, 1.807) is 12.4 Å². The van der Waals surface area contributed by atoms with Gasteiger partial charge >= 0.3 is 0 Å². The molecule has 4 nitrogen and oxygen atoms in total. The monoisotopic (exact) mass is 202 g/mol. The number of rotatable bonds is 1. The Morgan fingerprint density at radius 1 is 1.53 bits per heavy atom. The van der Waals surface area contributed by atoms with E-state index < -0.39 is 0 Å². The van der Waals surface area contributed by atoms with E-state index in [9.17, 15) is 0 Å².